The van der Waals surface area contributed by atoms with Gasteiger partial charge < -0.3 is 5.11 Å². The lowest BCUT2D eigenvalue weighted by Gasteiger charge is -2.28. The average molecular weight is 250 g/mol. The zero-order chi connectivity index (χ0) is 13.8. The molecular weight excluding hydrogens is 231 g/mol. The van der Waals surface area contributed by atoms with Gasteiger partial charge in [0.1, 0.15) is 5.82 Å². The molecule has 1 rings (SSSR count). The van der Waals surface area contributed by atoms with E-state index >= 15 is 0 Å². The summed E-state index contributed by atoms with van der Waals surface area (Å²) in [6, 6.07) is 6.38. The maximum absolute atomic E-state index is 13.7. The summed E-state index contributed by atoms with van der Waals surface area (Å²) in [6.45, 7) is 7.05. The number of hydrogen-bond acceptors (Lipinski definition) is 3. The van der Waals surface area contributed by atoms with Crippen LogP contribution in [0.5, 0.6) is 0 Å². The van der Waals surface area contributed by atoms with Crippen molar-refractivity contribution in [2.24, 2.45) is 0 Å². The van der Waals surface area contributed by atoms with Crippen LogP contribution in [0, 0.1) is 17.1 Å². The molecule has 0 saturated heterocycles. The molecule has 3 nitrogen and oxygen atoms in total. The highest BCUT2D eigenvalue weighted by Crippen LogP contribution is 2.14. The first-order valence-electron chi connectivity index (χ1n) is 5.99. The molecule has 0 spiro atoms. The van der Waals surface area contributed by atoms with E-state index in [1.165, 1.54) is 6.07 Å². The van der Waals surface area contributed by atoms with E-state index in [1.807, 2.05) is 17.9 Å². The first-order valence-corrected chi connectivity index (χ1v) is 5.99. The summed E-state index contributed by atoms with van der Waals surface area (Å²) in [5, 5.41) is 18.4. The summed E-state index contributed by atoms with van der Waals surface area (Å²) < 4.78 is 13.7. The van der Waals surface area contributed by atoms with E-state index in [4.69, 9.17) is 5.26 Å². The molecule has 1 aromatic rings. The monoisotopic (exact) mass is 250 g/mol. The second kappa shape index (κ2) is 5.94. The van der Waals surface area contributed by atoms with Gasteiger partial charge in [0.05, 0.1) is 17.2 Å². The van der Waals surface area contributed by atoms with E-state index in [-0.39, 0.29) is 5.82 Å². The van der Waals surface area contributed by atoms with E-state index in [0.29, 0.717) is 24.2 Å². The molecule has 0 bridgehead atoms. The zero-order valence-electron chi connectivity index (χ0n) is 11.1. The molecule has 0 aliphatic rings. The van der Waals surface area contributed by atoms with Gasteiger partial charge in [-0.1, -0.05) is 13.0 Å². The number of benzene rings is 1. The Kier molecular flexibility index (Phi) is 4.83. The van der Waals surface area contributed by atoms with Crippen molar-refractivity contribution in [3.8, 4) is 6.07 Å². The summed E-state index contributed by atoms with van der Waals surface area (Å²) in [7, 11) is 0. The third kappa shape index (κ3) is 4.44. The Bertz CT molecular complexity index is 446. The molecule has 1 aromatic carbocycles. The number of hydrogen-bond donors (Lipinski definition) is 1. The van der Waals surface area contributed by atoms with Gasteiger partial charge in [-0.3, -0.25) is 4.90 Å². The van der Waals surface area contributed by atoms with Crippen molar-refractivity contribution in [1.29, 1.82) is 5.26 Å². The quantitative estimate of drug-likeness (QED) is 0.872. The minimum atomic E-state index is -0.806. The molecule has 0 aliphatic carbocycles. The van der Waals surface area contributed by atoms with Crippen molar-refractivity contribution >= 4 is 0 Å². The average Bonchev–Trinajstić information content (AvgIpc) is 2.28. The van der Waals surface area contributed by atoms with Gasteiger partial charge in [-0.2, -0.15) is 5.26 Å². The van der Waals surface area contributed by atoms with E-state index in [0.717, 1.165) is 6.54 Å². The van der Waals surface area contributed by atoms with Gasteiger partial charge in [0.25, 0.3) is 0 Å². The van der Waals surface area contributed by atoms with Crippen LogP contribution < -0.4 is 0 Å². The Balaban J connectivity index is 2.80. The van der Waals surface area contributed by atoms with E-state index in [2.05, 4.69) is 0 Å². The SMILES string of the molecule is CCN(Cc1ccc(C#N)cc1F)CC(C)(C)O. The van der Waals surface area contributed by atoms with Crippen molar-refractivity contribution < 1.29 is 9.50 Å². The summed E-state index contributed by atoms with van der Waals surface area (Å²) >= 11 is 0. The lowest BCUT2D eigenvalue weighted by atomic mass is 10.1. The number of halogens is 1. The third-order valence-electron chi connectivity index (χ3n) is 2.63. The zero-order valence-corrected chi connectivity index (χ0v) is 11.1. The minimum Gasteiger partial charge on any atom is -0.389 e. The molecule has 98 valence electrons. The first-order chi connectivity index (χ1) is 8.35. The normalized spacial score (nSPS) is 11.6. The fourth-order valence-corrected chi connectivity index (χ4v) is 1.81. The molecule has 0 radical (unpaired) electrons. The van der Waals surface area contributed by atoms with Crippen molar-refractivity contribution in [2.45, 2.75) is 32.9 Å². The smallest absolute Gasteiger partial charge is 0.129 e. The Labute approximate surface area is 107 Å². The van der Waals surface area contributed by atoms with Crippen LogP contribution in [0.1, 0.15) is 31.9 Å². The molecule has 0 saturated carbocycles. The molecule has 0 atom stereocenters. The van der Waals surface area contributed by atoms with Gasteiger partial charge in [-0.05, 0) is 32.5 Å². The Hall–Kier alpha value is -1.44. The highest BCUT2D eigenvalue weighted by Gasteiger charge is 2.18. The number of nitrogens with zero attached hydrogens (tertiary/aromatic N) is 2. The molecular formula is C14H19FN2O. The van der Waals surface area contributed by atoms with Gasteiger partial charge in [-0.15, -0.1) is 0 Å². The second-order valence-corrected chi connectivity index (χ2v) is 5.03. The topological polar surface area (TPSA) is 47.3 Å². The molecule has 0 unspecified atom stereocenters. The van der Waals surface area contributed by atoms with Crippen LogP contribution in [0.15, 0.2) is 18.2 Å². The number of likely N-dealkylation sites (N-methyl/N-ethyl adjacent to an activating group) is 1. The van der Waals surface area contributed by atoms with E-state index in [1.54, 1.807) is 26.0 Å². The summed E-state index contributed by atoms with van der Waals surface area (Å²) in [5.74, 6) is -0.372. The standard InChI is InChI=1S/C14H19FN2O/c1-4-17(10-14(2,3)18)9-12-6-5-11(8-16)7-13(12)15/h5-7,18H,4,9-10H2,1-3H3. The predicted molar refractivity (Wildman–Crippen MR) is 68.4 cm³/mol. The predicted octanol–water partition coefficient (Wildman–Crippen LogP) is 2.29. The largest absolute Gasteiger partial charge is 0.389 e. The molecule has 0 aliphatic heterocycles. The van der Waals surface area contributed by atoms with Gasteiger partial charge in [-0.25, -0.2) is 4.39 Å². The summed E-state index contributed by atoms with van der Waals surface area (Å²) in [5.41, 5.74) is 0.0564. The van der Waals surface area contributed by atoms with Crippen LogP contribution in [-0.4, -0.2) is 28.7 Å². The lowest BCUT2D eigenvalue weighted by Crippen LogP contribution is -2.38. The summed E-state index contributed by atoms with van der Waals surface area (Å²) in [6.07, 6.45) is 0. The molecule has 0 fully saturated rings. The number of aliphatic hydroxyl groups is 1. The van der Waals surface area contributed by atoms with Crippen LogP contribution in [0.3, 0.4) is 0 Å². The molecule has 0 heterocycles. The summed E-state index contributed by atoms with van der Waals surface area (Å²) in [4.78, 5) is 1.96. The molecule has 1 N–H and O–H groups in total. The maximum atomic E-state index is 13.7. The van der Waals surface area contributed by atoms with Crippen LogP contribution >= 0.6 is 0 Å². The Morgan fingerprint density at radius 1 is 1.44 bits per heavy atom. The van der Waals surface area contributed by atoms with Gasteiger partial charge >= 0.3 is 0 Å². The highest BCUT2D eigenvalue weighted by atomic mass is 19.1. The maximum Gasteiger partial charge on any atom is 0.129 e. The van der Waals surface area contributed by atoms with Gasteiger partial charge in [0.15, 0.2) is 0 Å². The van der Waals surface area contributed by atoms with E-state index < -0.39 is 5.60 Å². The number of rotatable bonds is 5. The third-order valence-corrected chi connectivity index (χ3v) is 2.63. The molecule has 0 amide bonds. The van der Waals surface area contributed by atoms with Crippen molar-refractivity contribution in [1.82, 2.24) is 4.90 Å². The lowest BCUT2D eigenvalue weighted by molar-refractivity contribution is 0.0350. The van der Waals surface area contributed by atoms with Crippen molar-refractivity contribution in [2.75, 3.05) is 13.1 Å². The fourth-order valence-electron chi connectivity index (χ4n) is 1.81. The fraction of sp³-hybridized carbons (Fsp3) is 0.500. The second-order valence-electron chi connectivity index (χ2n) is 5.03. The van der Waals surface area contributed by atoms with Crippen LogP contribution in [-0.2, 0) is 6.54 Å². The van der Waals surface area contributed by atoms with Crippen molar-refractivity contribution in [3.63, 3.8) is 0 Å². The molecule has 0 aromatic heterocycles. The number of nitriles is 1. The van der Waals surface area contributed by atoms with Crippen LogP contribution in [0.25, 0.3) is 0 Å². The molecule has 4 heteroatoms. The highest BCUT2D eigenvalue weighted by molar-refractivity contribution is 5.32. The molecule has 18 heavy (non-hydrogen) atoms. The van der Waals surface area contributed by atoms with Gasteiger partial charge in [0, 0.05) is 18.7 Å². The first kappa shape index (κ1) is 14.6. The van der Waals surface area contributed by atoms with Crippen molar-refractivity contribution in [3.05, 3.63) is 35.1 Å². The minimum absolute atomic E-state index is 0.321. The van der Waals surface area contributed by atoms with Crippen LogP contribution in [0.4, 0.5) is 4.39 Å². The Morgan fingerprint density at radius 3 is 2.56 bits per heavy atom. The van der Waals surface area contributed by atoms with Gasteiger partial charge in [0.2, 0.25) is 0 Å². The Morgan fingerprint density at radius 2 is 2.11 bits per heavy atom. The van der Waals surface area contributed by atoms with Crippen LogP contribution in [0.2, 0.25) is 0 Å². The van der Waals surface area contributed by atoms with E-state index in [9.17, 15) is 9.50 Å².